The fraction of sp³-hybridized carbons (Fsp3) is 0.588. The lowest BCUT2D eigenvalue weighted by molar-refractivity contribution is -0.121. The Balaban J connectivity index is 2.07. The second-order valence-electron chi connectivity index (χ2n) is 5.97. The lowest BCUT2D eigenvalue weighted by Crippen LogP contribution is -2.49. The maximum absolute atomic E-state index is 12.7. The molecule has 0 saturated heterocycles. The Morgan fingerprint density at radius 3 is 2.43 bits per heavy atom. The van der Waals surface area contributed by atoms with Crippen LogP contribution in [0.3, 0.4) is 0 Å². The minimum absolute atomic E-state index is 0.108. The molecule has 0 atom stereocenters. The molecule has 0 aromatic heterocycles. The molecule has 1 aliphatic carbocycles. The van der Waals surface area contributed by atoms with Crippen LogP contribution in [0.1, 0.15) is 33.1 Å². The van der Waals surface area contributed by atoms with E-state index in [2.05, 4.69) is 4.90 Å². The van der Waals surface area contributed by atoms with E-state index < -0.39 is 0 Å². The molecule has 1 amide bonds. The summed E-state index contributed by atoms with van der Waals surface area (Å²) in [4.78, 5) is 16.7. The number of rotatable bonds is 7. The van der Waals surface area contributed by atoms with Crippen molar-refractivity contribution in [3.8, 4) is 0 Å². The number of benzene rings is 1. The van der Waals surface area contributed by atoms with Crippen LogP contribution in [0.15, 0.2) is 30.3 Å². The molecule has 0 bridgehead atoms. The van der Waals surface area contributed by atoms with E-state index in [1.807, 2.05) is 49.1 Å². The molecule has 0 radical (unpaired) electrons. The van der Waals surface area contributed by atoms with Crippen molar-refractivity contribution >= 4 is 11.6 Å². The van der Waals surface area contributed by atoms with Crippen molar-refractivity contribution in [3.63, 3.8) is 0 Å². The average molecular weight is 290 g/mol. The molecule has 0 heterocycles. The minimum atomic E-state index is 0.108. The summed E-state index contributed by atoms with van der Waals surface area (Å²) in [5.74, 6) is 0.108. The normalized spacial score (nSPS) is 15.3. The SMILES string of the molecule is CC(C)N(C(=O)CN(CCO)C1CCC1)c1ccccc1. The van der Waals surface area contributed by atoms with Crippen LogP contribution in [0.5, 0.6) is 0 Å². The Morgan fingerprint density at radius 1 is 1.29 bits per heavy atom. The molecule has 0 aliphatic heterocycles. The van der Waals surface area contributed by atoms with E-state index >= 15 is 0 Å². The van der Waals surface area contributed by atoms with Crippen molar-refractivity contribution in [1.29, 1.82) is 0 Å². The first kappa shape index (κ1) is 16.0. The van der Waals surface area contributed by atoms with Gasteiger partial charge in [-0.3, -0.25) is 9.69 Å². The molecule has 4 heteroatoms. The minimum Gasteiger partial charge on any atom is -0.395 e. The highest BCUT2D eigenvalue weighted by atomic mass is 16.3. The molecule has 116 valence electrons. The van der Waals surface area contributed by atoms with Crippen LogP contribution < -0.4 is 4.90 Å². The summed E-state index contributed by atoms with van der Waals surface area (Å²) in [6, 6.07) is 10.4. The molecule has 1 N–H and O–H groups in total. The van der Waals surface area contributed by atoms with Gasteiger partial charge < -0.3 is 10.0 Å². The molecule has 1 aromatic rings. The van der Waals surface area contributed by atoms with E-state index in [0.717, 1.165) is 18.5 Å². The van der Waals surface area contributed by atoms with Crippen LogP contribution in [0.25, 0.3) is 0 Å². The van der Waals surface area contributed by atoms with Gasteiger partial charge in [-0.25, -0.2) is 0 Å². The maximum atomic E-state index is 12.7. The highest BCUT2D eigenvalue weighted by Crippen LogP contribution is 2.25. The summed E-state index contributed by atoms with van der Waals surface area (Å²) in [6.45, 7) is 5.14. The van der Waals surface area contributed by atoms with Gasteiger partial charge in [0.25, 0.3) is 0 Å². The van der Waals surface area contributed by atoms with Gasteiger partial charge in [0.2, 0.25) is 5.91 Å². The summed E-state index contributed by atoms with van der Waals surface area (Å²) >= 11 is 0. The standard InChI is InChI=1S/C17H26N2O2/c1-14(2)19(16-7-4-3-5-8-16)17(21)13-18(11-12-20)15-9-6-10-15/h3-5,7-8,14-15,20H,6,9-13H2,1-2H3. The number of amides is 1. The van der Waals surface area contributed by atoms with Gasteiger partial charge in [0.05, 0.1) is 13.2 Å². The van der Waals surface area contributed by atoms with E-state index in [1.165, 1.54) is 6.42 Å². The highest BCUT2D eigenvalue weighted by molar-refractivity contribution is 5.95. The zero-order valence-electron chi connectivity index (χ0n) is 13.0. The number of aliphatic hydroxyl groups is 1. The maximum Gasteiger partial charge on any atom is 0.241 e. The van der Waals surface area contributed by atoms with Crippen molar-refractivity contribution in [3.05, 3.63) is 30.3 Å². The van der Waals surface area contributed by atoms with Crippen LogP contribution in [0.2, 0.25) is 0 Å². The topological polar surface area (TPSA) is 43.8 Å². The summed E-state index contributed by atoms with van der Waals surface area (Å²) in [7, 11) is 0. The van der Waals surface area contributed by atoms with Crippen molar-refractivity contribution in [2.24, 2.45) is 0 Å². The number of carbonyl (C=O) groups excluding carboxylic acids is 1. The van der Waals surface area contributed by atoms with Crippen molar-refractivity contribution in [2.75, 3.05) is 24.6 Å². The second kappa shape index (κ2) is 7.57. The zero-order chi connectivity index (χ0) is 15.2. The smallest absolute Gasteiger partial charge is 0.241 e. The lowest BCUT2D eigenvalue weighted by Gasteiger charge is -2.38. The Kier molecular flexibility index (Phi) is 5.76. The van der Waals surface area contributed by atoms with Gasteiger partial charge in [-0.05, 0) is 38.8 Å². The van der Waals surface area contributed by atoms with Gasteiger partial charge in [0.15, 0.2) is 0 Å². The monoisotopic (exact) mass is 290 g/mol. The third-order valence-corrected chi connectivity index (χ3v) is 4.14. The zero-order valence-corrected chi connectivity index (χ0v) is 13.0. The fourth-order valence-electron chi connectivity index (χ4n) is 2.84. The number of hydrogen-bond acceptors (Lipinski definition) is 3. The third kappa shape index (κ3) is 4.05. The quantitative estimate of drug-likeness (QED) is 0.838. The summed E-state index contributed by atoms with van der Waals surface area (Å²) in [5, 5.41) is 9.22. The Hall–Kier alpha value is -1.39. The first-order valence-corrected chi connectivity index (χ1v) is 7.85. The van der Waals surface area contributed by atoms with Gasteiger partial charge in [-0.15, -0.1) is 0 Å². The highest BCUT2D eigenvalue weighted by Gasteiger charge is 2.28. The largest absolute Gasteiger partial charge is 0.395 e. The molecule has 1 aliphatic rings. The number of anilines is 1. The predicted octanol–water partition coefficient (Wildman–Crippen LogP) is 2.27. The summed E-state index contributed by atoms with van der Waals surface area (Å²) < 4.78 is 0. The van der Waals surface area contributed by atoms with Crippen molar-refractivity contribution in [1.82, 2.24) is 4.90 Å². The first-order chi connectivity index (χ1) is 10.1. The van der Waals surface area contributed by atoms with Crippen molar-refractivity contribution in [2.45, 2.75) is 45.2 Å². The van der Waals surface area contributed by atoms with Crippen LogP contribution in [-0.4, -0.2) is 47.7 Å². The fourth-order valence-corrected chi connectivity index (χ4v) is 2.84. The van der Waals surface area contributed by atoms with E-state index in [-0.39, 0.29) is 18.6 Å². The Bertz CT molecular complexity index is 443. The van der Waals surface area contributed by atoms with E-state index in [4.69, 9.17) is 0 Å². The first-order valence-electron chi connectivity index (χ1n) is 7.85. The number of carbonyl (C=O) groups is 1. The van der Waals surface area contributed by atoms with Gasteiger partial charge in [0.1, 0.15) is 0 Å². The molecule has 1 aromatic carbocycles. The number of hydrogen-bond donors (Lipinski definition) is 1. The second-order valence-corrected chi connectivity index (χ2v) is 5.97. The molecule has 1 fully saturated rings. The van der Waals surface area contributed by atoms with Crippen molar-refractivity contribution < 1.29 is 9.90 Å². The van der Waals surface area contributed by atoms with E-state index in [9.17, 15) is 9.90 Å². The van der Waals surface area contributed by atoms with Gasteiger partial charge >= 0.3 is 0 Å². The van der Waals surface area contributed by atoms with Crippen LogP contribution >= 0.6 is 0 Å². The van der Waals surface area contributed by atoms with Crippen LogP contribution in [-0.2, 0) is 4.79 Å². The molecule has 0 unspecified atom stereocenters. The van der Waals surface area contributed by atoms with E-state index in [0.29, 0.717) is 19.1 Å². The van der Waals surface area contributed by atoms with Gasteiger partial charge in [-0.1, -0.05) is 24.6 Å². The lowest BCUT2D eigenvalue weighted by atomic mass is 9.91. The van der Waals surface area contributed by atoms with E-state index in [1.54, 1.807) is 0 Å². The van der Waals surface area contributed by atoms with Crippen LogP contribution in [0, 0.1) is 0 Å². The van der Waals surface area contributed by atoms with Crippen LogP contribution in [0.4, 0.5) is 5.69 Å². The molecule has 2 rings (SSSR count). The predicted molar refractivity (Wildman–Crippen MR) is 85.4 cm³/mol. The summed E-state index contributed by atoms with van der Waals surface area (Å²) in [5.41, 5.74) is 0.940. The Labute approximate surface area is 127 Å². The molecule has 1 saturated carbocycles. The molecular weight excluding hydrogens is 264 g/mol. The van der Waals surface area contributed by atoms with Gasteiger partial charge in [-0.2, -0.15) is 0 Å². The number of para-hydroxylation sites is 1. The average Bonchev–Trinajstić information content (AvgIpc) is 2.37. The van der Waals surface area contributed by atoms with Gasteiger partial charge in [0, 0.05) is 24.3 Å². The third-order valence-electron chi connectivity index (χ3n) is 4.14. The number of aliphatic hydroxyl groups excluding tert-OH is 1. The molecule has 21 heavy (non-hydrogen) atoms. The molecule has 4 nitrogen and oxygen atoms in total. The Morgan fingerprint density at radius 2 is 1.95 bits per heavy atom. The molecular formula is C17H26N2O2. The number of nitrogens with zero attached hydrogens (tertiary/aromatic N) is 2. The molecule has 0 spiro atoms. The summed E-state index contributed by atoms with van der Waals surface area (Å²) in [6.07, 6.45) is 3.51.